The van der Waals surface area contributed by atoms with Crippen LogP contribution < -0.4 is 4.74 Å². The van der Waals surface area contributed by atoms with Crippen molar-refractivity contribution in [1.82, 2.24) is 4.98 Å². The van der Waals surface area contributed by atoms with E-state index in [4.69, 9.17) is 27.9 Å². The number of methoxy groups -OCH3 is 1. The highest BCUT2D eigenvalue weighted by molar-refractivity contribution is 6.68. The maximum Gasteiger partial charge on any atom is 0.257 e. The predicted octanol–water partition coefficient (Wildman–Crippen LogP) is 5.46. The first-order valence-corrected chi connectivity index (χ1v) is 7.96. The maximum atomic E-state index is 11.7. The van der Waals surface area contributed by atoms with Gasteiger partial charge in [0.25, 0.3) is 5.24 Å². The zero-order valence-corrected chi connectivity index (χ0v) is 14.3. The Bertz CT molecular complexity index is 878. The molecule has 0 aliphatic heterocycles. The van der Waals surface area contributed by atoms with Gasteiger partial charge in [-0.05, 0) is 35.4 Å². The van der Waals surface area contributed by atoms with Crippen molar-refractivity contribution in [1.29, 1.82) is 0 Å². The molecule has 3 nitrogen and oxygen atoms in total. The molecule has 0 atom stereocenters. The van der Waals surface area contributed by atoms with E-state index in [1.807, 2.05) is 42.5 Å². The van der Waals surface area contributed by atoms with Gasteiger partial charge in [0.1, 0.15) is 0 Å². The van der Waals surface area contributed by atoms with Gasteiger partial charge in [-0.15, -0.1) is 0 Å². The molecule has 0 spiro atoms. The summed E-state index contributed by atoms with van der Waals surface area (Å²) in [5.74, 6) is 0.194. The Morgan fingerprint density at radius 3 is 2.25 bits per heavy atom. The minimum Gasteiger partial charge on any atom is -0.480 e. The number of carbonyl (C=O) groups is 1. The largest absolute Gasteiger partial charge is 0.480 e. The third kappa shape index (κ3) is 3.28. The van der Waals surface area contributed by atoms with Crippen LogP contribution in [0.1, 0.15) is 10.4 Å². The van der Waals surface area contributed by atoms with E-state index in [-0.39, 0.29) is 11.4 Å². The Morgan fingerprint density at radius 1 is 1.00 bits per heavy atom. The van der Waals surface area contributed by atoms with Crippen LogP contribution in [0.4, 0.5) is 0 Å². The van der Waals surface area contributed by atoms with Crippen LogP contribution in [0.15, 0.2) is 60.7 Å². The molecule has 2 aromatic carbocycles. The minimum atomic E-state index is -0.612. The zero-order valence-electron chi connectivity index (χ0n) is 12.8. The lowest BCUT2D eigenvalue weighted by molar-refractivity contribution is 0.107. The molecule has 24 heavy (non-hydrogen) atoms. The van der Waals surface area contributed by atoms with Crippen LogP contribution in [-0.4, -0.2) is 17.3 Å². The molecule has 1 heterocycles. The van der Waals surface area contributed by atoms with Gasteiger partial charge in [-0.25, -0.2) is 4.98 Å². The van der Waals surface area contributed by atoms with Crippen molar-refractivity contribution >= 4 is 28.4 Å². The smallest absolute Gasteiger partial charge is 0.257 e. The number of ether oxygens (including phenoxy) is 1. The van der Waals surface area contributed by atoms with Gasteiger partial charge in [0.2, 0.25) is 5.88 Å². The van der Waals surface area contributed by atoms with Crippen molar-refractivity contribution in [2.75, 3.05) is 7.11 Å². The number of carbonyl (C=O) groups excluding carboxylic acids is 1. The second-order valence-corrected chi connectivity index (χ2v) is 5.87. The summed E-state index contributed by atoms with van der Waals surface area (Å²) in [7, 11) is 1.46. The molecule has 0 saturated heterocycles. The Morgan fingerprint density at radius 2 is 1.67 bits per heavy atom. The van der Waals surface area contributed by atoms with Gasteiger partial charge in [-0.1, -0.05) is 54.1 Å². The first-order chi connectivity index (χ1) is 11.6. The van der Waals surface area contributed by atoms with Gasteiger partial charge in [0.15, 0.2) is 0 Å². The van der Waals surface area contributed by atoms with E-state index in [2.05, 4.69) is 4.98 Å². The molecule has 3 rings (SSSR count). The Kier molecular flexibility index (Phi) is 4.84. The molecular formula is C19H13Cl2NO2. The second kappa shape index (κ2) is 7.04. The monoisotopic (exact) mass is 357 g/mol. The highest BCUT2D eigenvalue weighted by Gasteiger charge is 2.18. The molecule has 5 heteroatoms. The third-order valence-electron chi connectivity index (χ3n) is 3.60. The average Bonchev–Trinajstić information content (AvgIpc) is 2.62. The van der Waals surface area contributed by atoms with E-state index in [1.165, 1.54) is 7.11 Å². The topological polar surface area (TPSA) is 39.2 Å². The van der Waals surface area contributed by atoms with Gasteiger partial charge in [-0.2, -0.15) is 0 Å². The molecule has 0 radical (unpaired) electrons. The van der Waals surface area contributed by atoms with Crippen molar-refractivity contribution in [3.05, 3.63) is 71.2 Å². The summed E-state index contributed by atoms with van der Waals surface area (Å²) in [4.78, 5) is 16.2. The molecule has 0 aliphatic carbocycles. The summed E-state index contributed by atoms with van der Waals surface area (Å²) >= 11 is 11.7. The van der Waals surface area contributed by atoms with Crippen LogP contribution >= 0.6 is 23.2 Å². The van der Waals surface area contributed by atoms with Crippen molar-refractivity contribution < 1.29 is 9.53 Å². The normalized spacial score (nSPS) is 10.5. The summed E-state index contributed by atoms with van der Waals surface area (Å²) in [5, 5.41) is 0.0266. The predicted molar refractivity (Wildman–Crippen MR) is 96.9 cm³/mol. The van der Waals surface area contributed by atoms with Crippen molar-refractivity contribution in [2.45, 2.75) is 0 Å². The summed E-state index contributed by atoms with van der Waals surface area (Å²) in [5.41, 5.74) is 3.51. The Hall–Kier alpha value is -2.36. The summed E-state index contributed by atoms with van der Waals surface area (Å²) in [6, 6.07) is 18.7. The molecule has 1 aromatic heterocycles. The number of pyridine rings is 1. The first kappa shape index (κ1) is 16.5. The maximum absolute atomic E-state index is 11.7. The minimum absolute atomic E-state index is 0.194. The number of hydrogen-bond donors (Lipinski definition) is 0. The quantitative estimate of drug-likeness (QED) is 0.582. The SMILES string of the molecule is COc1nc(-c2ccc(Cl)cc2)c(-c2ccccc2)cc1C(=O)Cl. The number of rotatable bonds is 4. The molecule has 0 N–H and O–H groups in total. The fraction of sp³-hybridized carbons (Fsp3) is 0.0526. The van der Waals surface area contributed by atoms with Crippen LogP contribution in [-0.2, 0) is 0 Å². The van der Waals surface area contributed by atoms with Crippen LogP contribution in [0.3, 0.4) is 0 Å². The second-order valence-electron chi connectivity index (χ2n) is 5.09. The van der Waals surface area contributed by atoms with E-state index in [9.17, 15) is 4.79 Å². The fourth-order valence-corrected chi connectivity index (χ4v) is 2.72. The van der Waals surface area contributed by atoms with Crippen molar-refractivity contribution in [3.8, 4) is 28.3 Å². The van der Waals surface area contributed by atoms with Crippen LogP contribution in [0.2, 0.25) is 5.02 Å². The molecule has 0 aliphatic rings. The van der Waals surface area contributed by atoms with Gasteiger partial charge in [-0.3, -0.25) is 4.79 Å². The van der Waals surface area contributed by atoms with Crippen molar-refractivity contribution in [3.63, 3.8) is 0 Å². The van der Waals surface area contributed by atoms with E-state index < -0.39 is 5.24 Å². The summed E-state index contributed by atoms with van der Waals surface area (Å²) in [6.07, 6.45) is 0. The number of aromatic nitrogens is 1. The number of hydrogen-bond acceptors (Lipinski definition) is 3. The lowest BCUT2D eigenvalue weighted by Gasteiger charge is -2.13. The van der Waals surface area contributed by atoms with Gasteiger partial charge in [0, 0.05) is 16.1 Å². The number of benzene rings is 2. The lowest BCUT2D eigenvalue weighted by atomic mass is 9.98. The van der Waals surface area contributed by atoms with Gasteiger partial charge < -0.3 is 4.74 Å². The van der Waals surface area contributed by atoms with Crippen LogP contribution in [0, 0.1) is 0 Å². The highest BCUT2D eigenvalue weighted by atomic mass is 35.5. The zero-order chi connectivity index (χ0) is 17.1. The fourth-order valence-electron chi connectivity index (χ4n) is 2.46. The third-order valence-corrected chi connectivity index (χ3v) is 4.05. The Balaban J connectivity index is 2.29. The molecule has 0 saturated carbocycles. The molecule has 3 aromatic rings. The van der Waals surface area contributed by atoms with Gasteiger partial charge in [0.05, 0.1) is 18.4 Å². The van der Waals surface area contributed by atoms with Crippen LogP contribution in [0.25, 0.3) is 22.4 Å². The molecule has 0 fully saturated rings. The van der Waals surface area contributed by atoms with Gasteiger partial charge >= 0.3 is 0 Å². The average molecular weight is 358 g/mol. The standard InChI is InChI=1S/C19H13Cl2NO2/c1-24-19-16(18(21)23)11-15(12-5-3-2-4-6-12)17(22-19)13-7-9-14(20)10-8-13/h2-11H,1H3. The first-order valence-electron chi connectivity index (χ1n) is 7.20. The number of halogens is 2. The molecule has 0 unspecified atom stereocenters. The molecule has 120 valence electrons. The number of nitrogens with zero attached hydrogens (tertiary/aromatic N) is 1. The summed E-state index contributed by atoms with van der Waals surface area (Å²) < 4.78 is 5.24. The van der Waals surface area contributed by atoms with E-state index in [1.54, 1.807) is 18.2 Å². The highest BCUT2D eigenvalue weighted by Crippen LogP contribution is 2.35. The lowest BCUT2D eigenvalue weighted by Crippen LogP contribution is -2.02. The van der Waals surface area contributed by atoms with E-state index in [0.29, 0.717) is 10.7 Å². The molecule has 0 amide bonds. The summed E-state index contributed by atoms with van der Waals surface area (Å²) in [6.45, 7) is 0. The molecular weight excluding hydrogens is 345 g/mol. The Labute approximate surface area is 149 Å². The van der Waals surface area contributed by atoms with Crippen molar-refractivity contribution in [2.24, 2.45) is 0 Å². The van der Waals surface area contributed by atoms with E-state index in [0.717, 1.165) is 16.7 Å². The molecule has 0 bridgehead atoms. The van der Waals surface area contributed by atoms with E-state index >= 15 is 0 Å². The van der Waals surface area contributed by atoms with Crippen LogP contribution in [0.5, 0.6) is 5.88 Å².